The molecule has 0 radical (unpaired) electrons. The van der Waals surface area contributed by atoms with Crippen molar-refractivity contribution in [1.29, 1.82) is 0 Å². The fraction of sp³-hybridized carbons (Fsp3) is 0.294. The Hall–Kier alpha value is -1.60. The van der Waals surface area contributed by atoms with Crippen LogP contribution in [-0.2, 0) is 6.54 Å². The van der Waals surface area contributed by atoms with Crippen LogP contribution in [-0.4, -0.2) is 0 Å². The largest absolute Gasteiger partial charge is 0.306 e. The van der Waals surface area contributed by atoms with Crippen molar-refractivity contribution in [1.82, 2.24) is 5.32 Å². The lowest BCUT2D eigenvalue weighted by atomic mass is 10.1. The molecular formula is C17H21N. The number of rotatable bonds is 4. The maximum absolute atomic E-state index is 3.57. The Kier molecular flexibility index (Phi) is 4.16. The molecule has 2 aromatic carbocycles. The van der Waals surface area contributed by atoms with Gasteiger partial charge in [0, 0.05) is 12.6 Å². The van der Waals surface area contributed by atoms with E-state index in [0.29, 0.717) is 6.04 Å². The van der Waals surface area contributed by atoms with Crippen LogP contribution in [0.3, 0.4) is 0 Å². The normalized spacial score (nSPS) is 12.4. The summed E-state index contributed by atoms with van der Waals surface area (Å²) < 4.78 is 0. The standard InChI is InChI=1S/C17H21N/c1-13-9-14(2)11-16(10-13)12-18-15(3)17-7-5-4-6-8-17/h4-11,15,18H,12H2,1-3H3/t15-/m0/s1. The maximum atomic E-state index is 3.57. The van der Waals surface area contributed by atoms with Gasteiger partial charge < -0.3 is 5.32 Å². The topological polar surface area (TPSA) is 12.0 Å². The van der Waals surface area contributed by atoms with Gasteiger partial charge in [0.25, 0.3) is 0 Å². The summed E-state index contributed by atoms with van der Waals surface area (Å²) in [5.74, 6) is 0. The molecule has 0 aliphatic heterocycles. The van der Waals surface area contributed by atoms with Crippen LogP contribution in [0.1, 0.15) is 35.2 Å². The van der Waals surface area contributed by atoms with Crippen molar-refractivity contribution >= 4 is 0 Å². The van der Waals surface area contributed by atoms with Crippen LogP contribution in [0.2, 0.25) is 0 Å². The molecule has 2 rings (SSSR count). The molecular weight excluding hydrogens is 218 g/mol. The van der Waals surface area contributed by atoms with Crippen LogP contribution < -0.4 is 5.32 Å². The summed E-state index contributed by atoms with van der Waals surface area (Å²) in [6.45, 7) is 7.42. The summed E-state index contributed by atoms with van der Waals surface area (Å²) in [7, 11) is 0. The first-order valence-electron chi connectivity index (χ1n) is 6.50. The predicted molar refractivity (Wildman–Crippen MR) is 77.6 cm³/mol. The first-order chi connectivity index (χ1) is 8.65. The summed E-state index contributed by atoms with van der Waals surface area (Å²) in [5, 5.41) is 3.57. The first kappa shape index (κ1) is 12.8. The number of aryl methyl sites for hydroxylation is 2. The molecule has 0 aliphatic rings. The molecule has 1 heteroatoms. The van der Waals surface area contributed by atoms with E-state index in [0.717, 1.165) is 6.54 Å². The zero-order valence-electron chi connectivity index (χ0n) is 11.4. The van der Waals surface area contributed by atoms with E-state index < -0.39 is 0 Å². The molecule has 1 N–H and O–H groups in total. The molecule has 0 saturated heterocycles. The van der Waals surface area contributed by atoms with Crippen molar-refractivity contribution in [2.24, 2.45) is 0 Å². The minimum absolute atomic E-state index is 0.381. The van der Waals surface area contributed by atoms with Gasteiger partial charge in [-0.05, 0) is 31.9 Å². The van der Waals surface area contributed by atoms with E-state index in [2.05, 4.69) is 74.6 Å². The molecule has 1 atom stereocenters. The van der Waals surface area contributed by atoms with Gasteiger partial charge in [-0.15, -0.1) is 0 Å². The third-order valence-electron chi connectivity index (χ3n) is 3.19. The van der Waals surface area contributed by atoms with Crippen LogP contribution in [0.25, 0.3) is 0 Å². The van der Waals surface area contributed by atoms with Crippen LogP contribution in [0.15, 0.2) is 48.5 Å². The van der Waals surface area contributed by atoms with Crippen molar-refractivity contribution in [3.8, 4) is 0 Å². The third kappa shape index (κ3) is 3.44. The molecule has 0 heterocycles. The van der Waals surface area contributed by atoms with Gasteiger partial charge in [0.05, 0.1) is 0 Å². The van der Waals surface area contributed by atoms with E-state index in [1.807, 2.05) is 0 Å². The quantitative estimate of drug-likeness (QED) is 0.845. The number of hydrogen-bond donors (Lipinski definition) is 1. The lowest BCUT2D eigenvalue weighted by Gasteiger charge is -2.15. The Morgan fingerprint density at radius 2 is 1.56 bits per heavy atom. The van der Waals surface area contributed by atoms with Gasteiger partial charge in [-0.25, -0.2) is 0 Å². The molecule has 0 fully saturated rings. The maximum Gasteiger partial charge on any atom is 0.0294 e. The molecule has 0 aliphatic carbocycles. The average Bonchev–Trinajstić information content (AvgIpc) is 2.36. The fourth-order valence-corrected chi connectivity index (χ4v) is 2.30. The highest BCUT2D eigenvalue weighted by Gasteiger charge is 2.04. The number of hydrogen-bond acceptors (Lipinski definition) is 1. The first-order valence-corrected chi connectivity index (χ1v) is 6.50. The molecule has 1 nitrogen and oxygen atoms in total. The Morgan fingerprint density at radius 3 is 2.17 bits per heavy atom. The number of nitrogens with one attached hydrogen (secondary N) is 1. The second-order valence-corrected chi connectivity index (χ2v) is 5.01. The smallest absolute Gasteiger partial charge is 0.0294 e. The van der Waals surface area contributed by atoms with Gasteiger partial charge in [-0.1, -0.05) is 59.7 Å². The molecule has 2 aromatic rings. The highest BCUT2D eigenvalue weighted by molar-refractivity contribution is 5.28. The van der Waals surface area contributed by atoms with Crippen molar-refractivity contribution in [2.45, 2.75) is 33.4 Å². The SMILES string of the molecule is Cc1cc(C)cc(CN[C@@H](C)c2ccccc2)c1. The molecule has 0 unspecified atom stereocenters. The van der Waals surface area contributed by atoms with Gasteiger partial charge in [-0.2, -0.15) is 0 Å². The van der Waals surface area contributed by atoms with E-state index in [1.54, 1.807) is 0 Å². The van der Waals surface area contributed by atoms with Gasteiger partial charge >= 0.3 is 0 Å². The van der Waals surface area contributed by atoms with E-state index in [1.165, 1.54) is 22.3 Å². The highest BCUT2D eigenvalue weighted by atomic mass is 14.9. The molecule has 94 valence electrons. The van der Waals surface area contributed by atoms with Crippen LogP contribution >= 0.6 is 0 Å². The minimum atomic E-state index is 0.381. The van der Waals surface area contributed by atoms with Gasteiger partial charge in [0.2, 0.25) is 0 Å². The molecule has 0 amide bonds. The summed E-state index contributed by atoms with van der Waals surface area (Å²) in [5.41, 5.74) is 5.36. The minimum Gasteiger partial charge on any atom is -0.306 e. The second-order valence-electron chi connectivity index (χ2n) is 5.01. The predicted octanol–water partition coefficient (Wildman–Crippen LogP) is 4.15. The van der Waals surface area contributed by atoms with Gasteiger partial charge in [0.15, 0.2) is 0 Å². The summed E-state index contributed by atoms with van der Waals surface area (Å²) >= 11 is 0. The second kappa shape index (κ2) is 5.83. The zero-order chi connectivity index (χ0) is 13.0. The third-order valence-corrected chi connectivity index (χ3v) is 3.19. The van der Waals surface area contributed by atoms with Crippen LogP contribution in [0.5, 0.6) is 0 Å². The summed E-state index contributed by atoms with van der Waals surface area (Å²) in [4.78, 5) is 0. The lowest BCUT2D eigenvalue weighted by molar-refractivity contribution is 0.574. The molecule has 0 saturated carbocycles. The van der Waals surface area contributed by atoms with Crippen molar-refractivity contribution in [3.63, 3.8) is 0 Å². The summed E-state index contributed by atoms with van der Waals surface area (Å²) in [6.07, 6.45) is 0. The molecule has 18 heavy (non-hydrogen) atoms. The van der Waals surface area contributed by atoms with Gasteiger partial charge in [0.1, 0.15) is 0 Å². The average molecular weight is 239 g/mol. The van der Waals surface area contributed by atoms with Gasteiger partial charge in [-0.3, -0.25) is 0 Å². The van der Waals surface area contributed by atoms with E-state index in [4.69, 9.17) is 0 Å². The Balaban J connectivity index is 1.99. The van der Waals surface area contributed by atoms with Crippen molar-refractivity contribution in [3.05, 3.63) is 70.8 Å². The van der Waals surface area contributed by atoms with Crippen LogP contribution in [0.4, 0.5) is 0 Å². The van der Waals surface area contributed by atoms with Crippen molar-refractivity contribution in [2.75, 3.05) is 0 Å². The van der Waals surface area contributed by atoms with E-state index in [-0.39, 0.29) is 0 Å². The monoisotopic (exact) mass is 239 g/mol. The Morgan fingerprint density at radius 1 is 0.944 bits per heavy atom. The highest BCUT2D eigenvalue weighted by Crippen LogP contribution is 2.13. The van der Waals surface area contributed by atoms with E-state index >= 15 is 0 Å². The fourth-order valence-electron chi connectivity index (χ4n) is 2.30. The van der Waals surface area contributed by atoms with E-state index in [9.17, 15) is 0 Å². The molecule has 0 spiro atoms. The van der Waals surface area contributed by atoms with Crippen molar-refractivity contribution < 1.29 is 0 Å². The summed E-state index contributed by atoms with van der Waals surface area (Å²) in [6, 6.07) is 17.7. The zero-order valence-corrected chi connectivity index (χ0v) is 11.4. The Labute approximate surface area is 110 Å². The molecule has 0 bridgehead atoms. The Bertz CT molecular complexity index is 482. The number of benzene rings is 2. The lowest BCUT2D eigenvalue weighted by Crippen LogP contribution is -2.18. The molecule has 0 aromatic heterocycles. The van der Waals surface area contributed by atoms with Crippen LogP contribution in [0, 0.1) is 13.8 Å².